The maximum absolute atomic E-state index is 12.0. The van der Waals surface area contributed by atoms with Crippen molar-refractivity contribution < 1.29 is 13.2 Å². The highest BCUT2D eigenvalue weighted by Crippen LogP contribution is 2.18. The molecule has 0 heterocycles. The van der Waals surface area contributed by atoms with Gasteiger partial charge in [0.25, 0.3) is 0 Å². The van der Waals surface area contributed by atoms with Crippen molar-refractivity contribution in [3.05, 3.63) is 71.8 Å². The summed E-state index contributed by atoms with van der Waals surface area (Å²) >= 11 is 0. The van der Waals surface area contributed by atoms with Gasteiger partial charge in [-0.25, -0.2) is 8.42 Å². The number of benzene rings is 2. The van der Waals surface area contributed by atoms with E-state index in [4.69, 9.17) is 0 Å². The summed E-state index contributed by atoms with van der Waals surface area (Å²) in [5.74, 6) is -0.215. The zero-order valence-electron chi connectivity index (χ0n) is 13.6. The number of nitrogens with one attached hydrogen (secondary N) is 2. The standard InChI is InChI=1S/C18H20N2O3S/c1-14(16-9-6-10-17(13-16)20-24(2,22)23)19-18(21)12-11-15-7-4-3-5-8-15/h3-14,20H,1-2H3,(H,19,21)/b12-11+/t14-/m0/s1. The summed E-state index contributed by atoms with van der Waals surface area (Å²) in [6, 6.07) is 16.2. The van der Waals surface area contributed by atoms with Gasteiger partial charge in [-0.2, -0.15) is 0 Å². The Kier molecular flexibility index (Phi) is 5.76. The second-order valence-corrected chi connectivity index (χ2v) is 7.22. The minimum absolute atomic E-state index is 0.215. The van der Waals surface area contributed by atoms with Crippen LogP contribution in [0.25, 0.3) is 6.08 Å². The van der Waals surface area contributed by atoms with Gasteiger partial charge in [0, 0.05) is 11.8 Å². The van der Waals surface area contributed by atoms with Crippen molar-refractivity contribution >= 4 is 27.7 Å². The smallest absolute Gasteiger partial charge is 0.244 e. The van der Waals surface area contributed by atoms with Crippen molar-refractivity contribution in [1.82, 2.24) is 5.32 Å². The molecule has 0 aromatic heterocycles. The number of carbonyl (C=O) groups is 1. The van der Waals surface area contributed by atoms with E-state index < -0.39 is 10.0 Å². The van der Waals surface area contributed by atoms with Crippen molar-refractivity contribution in [3.8, 4) is 0 Å². The molecule has 126 valence electrons. The molecule has 24 heavy (non-hydrogen) atoms. The van der Waals surface area contributed by atoms with Gasteiger partial charge in [0.15, 0.2) is 0 Å². The molecule has 5 nitrogen and oxygen atoms in total. The Morgan fingerprint density at radius 1 is 1.08 bits per heavy atom. The van der Waals surface area contributed by atoms with Crippen LogP contribution in [0.15, 0.2) is 60.7 Å². The first-order valence-corrected chi connectivity index (χ1v) is 9.34. The van der Waals surface area contributed by atoms with Crippen LogP contribution in [0.4, 0.5) is 5.69 Å². The molecule has 0 spiro atoms. The lowest BCUT2D eigenvalue weighted by Crippen LogP contribution is -2.24. The van der Waals surface area contributed by atoms with Crippen LogP contribution < -0.4 is 10.0 Å². The van der Waals surface area contributed by atoms with E-state index in [1.807, 2.05) is 43.3 Å². The molecule has 0 aliphatic rings. The van der Waals surface area contributed by atoms with Gasteiger partial charge in [0.2, 0.25) is 15.9 Å². The highest BCUT2D eigenvalue weighted by molar-refractivity contribution is 7.92. The molecular formula is C18H20N2O3S. The molecule has 0 saturated carbocycles. The molecule has 0 bridgehead atoms. The number of hydrogen-bond acceptors (Lipinski definition) is 3. The molecule has 2 aromatic carbocycles. The molecule has 0 saturated heterocycles. The van der Waals surface area contributed by atoms with E-state index in [1.165, 1.54) is 6.08 Å². The summed E-state index contributed by atoms with van der Waals surface area (Å²) in [5.41, 5.74) is 2.22. The summed E-state index contributed by atoms with van der Waals surface area (Å²) in [7, 11) is -3.33. The Morgan fingerprint density at radius 3 is 2.46 bits per heavy atom. The molecule has 0 radical (unpaired) electrons. The monoisotopic (exact) mass is 344 g/mol. The molecule has 2 rings (SSSR count). The predicted octanol–water partition coefficient (Wildman–Crippen LogP) is 2.95. The van der Waals surface area contributed by atoms with E-state index in [1.54, 1.807) is 24.3 Å². The Hall–Kier alpha value is -2.60. The minimum Gasteiger partial charge on any atom is -0.346 e. The van der Waals surface area contributed by atoms with E-state index in [0.717, 1.165) is 17.4 Å². The Balaban J connectivity index is 2.01. The molecule has 0 unspecified atom stereocenters. The Morgan fingerprint density at radius 2 is 1.79 bits per heavy atom. The first kappa shape index (κ1) is 17.7. The maximum atomic E-state index is 12.0. The fraction of sp³-hybridized carbons (Fsp3) is 0.167. The lowest BCUT2D eigenvalue weighted by Gasteiger charge is -2.14. The van der Waals surface area contributed by atoms with Crippen LogP contribution in [-0.2, 0) is 14.8 Å². The Bertz CT molecular complexity index is 830. The molecule has 2 N–H and O–H groups in total. The van der Waals surface area contributed by atoms with Gasteiger partial charge < -0.3 is 5.32 Å². The number of sulfonamides is 1. The lowest BCUT2D eigenvalue weighted by atomic mass is 10.1. The van der Waals surface area contributed by atoms with Crippen LogP contribution in [0.2, 0.25) is 0 Å². The van der Waals surface area contributed by atoms with Gasteiger partial charge >= 0.3 is 0 Å². The van der Waals surface area contributed by atoms with Gasteiger partial charge in [0.05, 0.1) is 12.3 Å². The van der Waals surface area contributed by atoms with Crippen LogP contribution in [-0.4, -0.2) is 20.6 Å². The van der Waals surface area contributed by atoms with Gasteiger partial charge in [0.1, 0.15) is 0 Å². The van der Waals surface area contributed by atoms with E-state index in [-0.39, 0.29) is 11.9 Å². The summed E-state index contributed by atoms with van der Waals surface area (Å²) < 4.78 is 25.0. The van der Waals surface area contributed by atoms with E-state index in [2.05, 4.69) is 10.0 Å². The highest BCUT2D eigenvalue weighted by atomic mass is 32.2. The molecular weight excluding hydrogens is 324 g/mol. The zero-order valence-corrected chi connectivity index (χ0v) is 14.4. The molecule has 1 atom stereocenters. The number of amides is 1. The second kappa shape index (κ2) is 7.79. The molecule has 6 heteroatoms. The number of carbonyl (C=O) groups excluding carboxylic acids is 1. The number of hydrogen-bond donors (Lipinski definition) is 2. The SMILES string of the molecule is C[C@H](NC(=O)/C=C/c1ccccc1)c1cccc(NS(C)(=O)=O)c1. The van der Waals surface area contributed by atoms with Crippen molar-refractivity contribution in [1.29, 1.82) is 0 Å². The number of rotatable bonds is 6. The molecule has 0 fully saturated rings. The third-order valence-corrected chi connectivity index (χ3v) is 3.88. The van der Waals surface area contributed by atoms with Gasteiger partial charge in [-0.3, -0.25) is 9.52 Å². The fourth-order valence-corrected chi connectivity index (χ4v) is 2.72. The first-order chi connectivity index (χ1) is 11.3. The summed E-state index contributed by atoms with van der Waals surface area (Å²) in [4.78, 5) is 12.0. The Labute approximate surface area is 142 Å². The molecule has 0 aliphatic heterocycles. The van der Waals surface area contributed by atoms with Crippen LogP contribution >= 0.6 is 0 Å². The topological polar surface area (TPSA) is 75.3 Å². The van der Waals surface area contributed by atoms with Crippen molar-refractivity contribution in [2.24, 2.45) is 0 Å². The van der Waals surface area contributed by atoms with Gasteiger partial charge in [-0.05, 0) is 36.3 Å². The molecule has 2 aromatic rings. The van der Waals surface area contributed by atoms with E-state index in [9.17, 15) is 13.2 Å². The van der Waals surface area contributed by atoms with Crippen molar-refractivity contribution in [2.75, 3.05) is 11.0 Å². The summed E-state index contributed by atoms with van der Waals surface area (Å²) in [6.45, 7) is 1.84. The predicted molar refractivity (Wildman–Crippen MR) is 96.9 cm³/mol. The largest absolute Gasteiger partial charge is 0.346 e. The molecule has 1 amide bonds. The average molecular weight is 344 g/mol. The average Bonchev–Trinajstić information content (AvgIpc) is 2.52. The third kappa shape index (κ3) is 5.89. The maximum Gasteiger partial charge on any atom is 0.244 e. The van der Waals surface area contributed by atoms with E-state index >= 15 is 0 Å². The number of anilines is 1. The minimum atomic E-state index is -3.33. The quantitative estimate of drug-likeness (QED) is 0.791. The fourth-order valence-electron chi connectivity index (χ4n) is 2.17. The zero-order chi connectivity index (χ0) is 17.6. The second-order valence-electron chi connectivity index (χ2n) is 5.47. The highest BCUT2D eigenvalue weighted by Gasteiger charge is 2.09. The van der Waals surface area contributed by atoms with Gasteiger partial charge in [-0.15, -0.1) is 0 Å². The van der Waals surface area contributed by atoms with Crippen LogP contribution in [0, 0.1) is 0 Å². The molecule has 0 aliphatic carbocycles. The third-order valence-electron chi connectivity index (χ3n) is 3.28. The first-order valence-electron chi connectivity index (χ1n) is 7.45. The van der Waals surface area contributed by atoms with E-state index in [0.29, 0.717) is 5.69 Å². The van der Waals surface area contributed by atoms with Crippen LogP contribution in [0.5, 0.6) is 0 Å². The van der Waals surface area contributed by atoms with Crippen LogP contribution in [0.1, 0.15) is 24.1 Å². The summed E-state index contributed by atoms with van der Waals surface area (Å²) in [6.07, 6.45) is 4.31. The lowest BCUT2D eigenvalue weighted by molar-refractivity contribution is -0.117. The van der Waals surface area contributed by atoms with Crippen molar-refractivity contribution in [3.63, 3.8) is 0 Å². The van der Waals surface area contributed by atoms with Crippen molar-refractivity contribution in [2.45, 2.75) is 13.0 Å². The normalized spacial score (nSPS) is 12.8. The van der Waals surface area contributed by atoms with Crippen LogP contribution in [0.3, 0.4) is 0 Å². The van der Waals surface area contributed by atoms with Gasteiger partial charge in [-0.1, -0.05) is 42.5 Å². The summed E-state index contributed by atoms with van der Waals surface area (Å²) in [5, 5.41) is 2.85.